The fourth-order valence-electron chi connectivity index (χ4n) is 2.85. The highest BCUT2D eigenvalue weighted by atomic mass is 19.1. The van der Waals surface area contributed by atoms with Gasteiger partial charge < -0.3 is 9.47 Å². The van der Waals surface area contributed by atoms with Gasteiger partial charge in [0.15, 0.2) is 5.78 Å². The summed E-state index contributed by atoms with van der Waals surface area (Å²) in [5.41, 5.74) is -0.616. The molecule has 2 atom stereocenters. The average Bonchev–Trinajstić information content (AvgIpc) is 2.39. The lowest BCUT2D eigenvalue weighted by Gasteiger charge is -2.42. The van der Waals surface area contributed by atoms with Crippen molar-refractivity contribution in [2.45, 2.75) is 38.4 Å². The zero-order valence-electron chi connectivity index (χ0n) is 12.5. The van der Waals surface area contributed by atoms with E-state index in [0.717, 1.165) is 0 Å². The molecule has 1 aromatic rings. The van der Waals surface area contributed by atoms with Crippen LogP contribution < -0.4 is 4.74 Å². The Hall–Kier alpha value is -1.68. The van der Waals surface area contributed by atoms with Gasteiger partial charge >= 0.3 is 0 Å². The molecule has 2 aliphatic heterocycles. The summed E-state index contributed by atoms with van der Waals surface area (Å²) in [7, 11) is 0. The quantitative estimate of drug-likeness (QED) is 0.739. The molecule has 1 aromatic carbocycles. The average molecular weight is 292 g/mol. The summed E-state index contributed by atoms with van der Waals surface area (Å²) in [6.07, 6.45) is 4.29. The minimum atomic E-state index is -0.658. The molecule has 0 aliphatic carbocycles. The molecule has 21 heavy (non-hydrogen) atoms. The number of Topliss-reactive ketones (excluding diaryl/α,β-unsaturated/α-hetero) is 1. The Labute approximate surface area is 125 Å². The molecular formula is C17H21FO3. The number of ketones is 1. The van der Waals surface area contributed by atoms with Crippen LogP contribution in [0.4, 0.5) is 4.39 Å². The van der Waals surface area contributed by atoms with Crippen LogP contribution in [0.2, 0.25) is 0 Å². The van der Waals surface area contributed by atoms with E-state index in [1.54, 1.807) is 0 Å². The van der Waals surface area contributed by atoms with Crippen LogP contribution in [-0.2, 0) is 4.74 Å². The van der Waals surface area contributed by atoms with E-state index in [4.69, 9.17) is 9.47 Å². The second-order valence-electron chi connectivity index (χ2n) is 6.54. The van der Waals surface area contributed by atoms with Crippen molar-refractivity contribution >= 4 is 5.78 Å². The van der Waals surface area contributed by atoms with Gasteiger partial charge in [0, 0.05) is 7.34 Å². The number of hydrogen-bond donors (Lipinski definition) is 0. The summed E-state index contributed by atoms with van der Waals surface area (Å²) in [4.78, 5) is 12.3. The first-order valence-corrected chi connectivity index (χ1v) is 7.14. The molecule has 0 amide bonds. The lowest BCUT2D eigenvalue weighted by atomic mass is 9.79. The zero-order chi connectivity index (χ0) is 15.3. The van der Waals surface area contributed by atoms with Crippen molar-refractivity contribution in [3.63, 3.8) is 0 Å². The molecule has 114 valence electrons. The molecule has 0 bridgehead atoms. The summed E-state index contributed by atoms with van der Waals surface area (Å²) in [6.45, 7) is 6.40. The third-order valence-electron chi connectivity index (χ3n) is 4.25. The molecule has 0 spiro atoms. The van der Waals surface area contributed by atoms with E-state index < -0.39 is 11.4 Å². The molecule has 0 fully saturated rings. The topological polar surface area (TPSA) is 35.5 Å². The van der Waals surface area contributed by atoms with E-state index in [1.807, 2.05) is 26.8 Å². The molecular weight excluding hydrogens is 271 g/mol. The van der Waals surface area contributed by atoms with Crippen LogP contribution in [-0.4, -0.2) is 23.6 Å². The maximum Gasteiger partial charge on any atom is 0.170 e. The SMILES string of the molecule is CC1(C)C=CC(C2(C)CC(=O)c3cc(F)ccc3O2)CO1.[HH]. The fourth-order valence-corrected chi connectivity index (χ4v) is 2.85. The number of rotatable bonds is 1. The van der Waals surface area contributed by atoms with Crippen LogP contribution in [0.1, 0.15) is 39.0 Å². The monoisotopic (exact) mass is 292 g/mol. The molecule has 3 rings (SSSR count). The van der Waals surface area contributed by atoms with Crippen LogP contribution >= 0.6 is 0 Å². The third kappa shape index (κ3) is 2.60. The van der Waals surface area contributed by atoms with Gasteiger partial charge in [-0.2, -0.15) is 0 Å². The van der Waals surface area contributed by atoms with Gasteiger partial charge in [-0.25, -0.2) is 4.39 Å². The molecule has 4 heteroatoms. The Morgan fingerprint density at radius 3 is 2.76 bits per heavy atom. The third-order valence-corrected chi connectivity index (χ3v) is 4.25. The van der Waals surface area contributed by atoms with E-state index in [-0.39, 0.29) is 25.1 Å². The van der Waals surface area contributed by atoms with Crippen molar-refractivity contribution in [1.29, 1.82) is 0 Å². The van der Waals surface area contributed by atoms with Gasteiger partial charge in [0.25, 0.3) is 0 Å². The molecule has 2 unspecified atom stereocenters. The smallest absolute Gasteiger partial charge is 0.170 e. The van der Waals surface area contributed by atoms with Gasteiger partial charge in [0.1, 0.15) is 17.2 Å². The van der Waals surface area contributed by atoms with Crippen molar-refractivity contribution in [3.8, 4) is 5.75 Å². The highest BCUT2D eigenvalue weighted by molar-refractivity contribution is 6.00. The minimum absolute atomic E-state index is 0. The Bertz CT molecular complexity index is 626. The van der Waals surface area contributed by atoms with Crippen LogP contribution in [0.25, 0.3) is 0 Å². The first kappa shape index (κ1) is 14.3. The second-order valence-corrected chi connectivity index (χ2v) is 6.54. The molecule has 0 saturated carbocycles. The van der Waals surface area contributed by atoms with Crippen molar-refractivity contribution in [3.05, 3.63) is 41.7 Å². The van der Waals surface area contributed by atoms with Crippen molar-refractivity contribution in [2.24, 2.45) is 5.92 Å². The Balaban J connectivity index is 0.00000176. The number of hydrogen-bond acceptors (Lipinski definition) is 3. The standard InChI is InChI=1S/C17H19FO3.H2/c1-16(2)7-6-11(10-20-16)17(3)9-14(19)13-8-12(18)4-5-15(13)21-17;/h4-8,11H,9-10H2,1-3H3;1H. The van der Waals surface area contributed by atoms with Crippen molar-refractivity contribution < 1.29 is 20.1 Å². The molecule has 2 heterocycles. The molecule has 0 aromatic heterocycles. The van der Waals surface area contributed by atoms with Gasteiger partial charge in [0.05, 0.1) is 24.2 Å². The minimum Gasteiger partial charge on any atom is -0.486 e. The number of carbonyl (C=O) groups excluding carboxylic acids is 1. The number of ether oxygens (including phenoxy) is 2. The maximum atomic E-state index is 13.3. The van der Waals surface area contributed by atoms with Crippen molar-refractivity contribution in [1.82, 2.24) is 0 Å². The normalized spacial score (nSPS) is 30.7. The summed E-state index contributed by atoms with van der Waals surface area (Å²) < 4.78 is 25.1. The Morgan fingerprint density at radius 1 is 1.33 bits per heavy atom. The van der Waals surface area contributed by atoms with E-state index in [1.165, 1.54) is 18.2 Å². The predicted octanol–water partition coefficient (Wildman–Crippen LogP) is 3.78. The van der Waals surface area contributed by atoms with Gasteiger partial charge in [-0.3, -0.25) is 4.79 Å². The van der Waals surface area contributed by atoms with Gasteiger partial charge in [-0.05, 0) is 39.0 Å². The molecule has 0 radical (unpaired) electrons. The molecule has 3 nitrogen and oxygen atoms in total. The highest BCUT2D eigenvalue weighted by Gasteiger charge is 2.44. The fraction of sp³-hybridized carbons (Fsp3) is 0.471. The summed E-state index contributed by atoms with van der Waals surface area (Å²) in [6, 6.07) is 4.08. The Kier molecular flexibility index (Phi) is 3.17. The lowest BCUT2D eigenvalue weighted by molar-refractivity contribution is -0.0598. The second kappa shape index (κ2) is 4.67. The molecule has 2 aliphatic rings. The zero-order valence-corrected chi connectivity index (χ0v) is 12.5. The number of benzene rings is 1. The van der Waals surface area contributed by atoms with Crippen LogP contribution in [0.3, 0.4) is 0 Å². The van der Waals surface area contributed by atoms with Crippen LogP contribution in [0.5, 0.6) is 5.75 Å². The Morgan fingerprint density at radius 2 is 2.10 bits per heavy atom. The predicted molar refractivity (Wildman–Crippen MR) is 79.2 cm³/mol. The van der Waals surface area contributed by atoms with Gasteiger partial charge in [-0.1, -0.05) is 12.2 Å². The van der Waals surface area contributed by atoms with Gasteiger partial charge in [0.2, 0.25) is 0 Å². The number of carbonyl (C=O) groups is 1. The largest absolute Gasteiger partial charge is 0.486 e. The maximum absolute atomic E-state index is 13.3. The number of fused-ring (bicyclic) bond motifs is 1. The van der Waals surface area contributed by atoms with Crippen LogP contribution in [0, 0.1) is 11.7 Å². The van der Waals surface area contributed by atoms with Gasteiger partial charge in [-0.15, -0.1) is 0 Å². The summed E-state index contributed by atoms with van der Waals surface area (Å²) in [5.74, 6) is -0.0607. The highest BCUT2D eigenvalue weighted by Crippen LogP contribution is 2.40. The molecule has 0 saturated heterocycles. The van der Waals surface area contributed by atoms with E-state index in [2.05, 4.69) is 6.08 Å². The first-order chi connectivity index (χ1) is 9.79. The summed E-state index contributed by atoms with van der Waals surface area (Å²) >= 11 is 0. The molecule has 0 N–H and O–H groups in total. The lowest BCUT2D eigenvalue weighted by Crippen LogP contribution is -2.49. The van der Waals surface area contributed by atoms with E-state index in [0.29, 0.717) is 17.9 Å². The number of halogens is 1. The first-order valence-electron chi connectivity index (χ1n) is 7.14. The van der Waals surface area contributed by atoms with E-state index >= 15 is 0 Å². The van der Waals surface area contributed by atoms with Crippen molar-refractivity contribution in [2.75, 3.05) is 6.61 Å². The summed E-state index contributed by atoms with van der Waals surface area (Å²) in [5, 5.41) is 0. The van der Waals surface area contributed by atoms with Crippen LogP contribution in [0.15, 0.2) is 30.4 Å². The van der Waals surface area contributed by atoms with E-state index in [9.17, 15) is 9.18 Å².